The van der Waals surface area contributed by atoms with Crippen molar-refractivity contribution in [2.45, 2.75) is 39.7 Å². The SMILES string of the molecule is CCN(CC(C)(C)O)C(=O)Cc1ccc(Br)cc1C. The number of hydrogen-bond acceptors (Lipinski definition) is 2. The van der Waals surface area contributed by atoms with Gasteiger partial charge in [-0.15, -0.1) is 0 Å². The number of aryl methyl sites for hydroxylation is 1. The highest BCUT2D eigenvalue weighted by molar-refractivity contribution is 9.10. The van der Waals surface area contributed by atoms with Crippen molar-refractivity contribution in [3.63, 3.8) is 0 Å². The van der Waals surface area contributed by atoms with Gasteiger partial charge in [0.05, 0.1) is 12.0 Å². The van der Waals surface area contributed by atoms with Crippen LogP contribution in [0.3, 0.4) is 0 Å². The summed E-state index contributed by atoms with van der Waals surface area (Å²) in [6, 6.07) is 5.92. The molecule has 1 amide bonds. The Morgan fingerprint density at radius 2 is 2.05 bits per heavy atom. The molecule has 0 aliphatic heterocycles. The molecule has 1 N–H and O–H groups in total. The lowest BCUT2D eigenvalue weighted by atomic mass is 10.0. The van der Waals surface area contributed by atoms with E-state index in [0.29, 0.717) is 19.5 Å². The standard InChI is InChI=1S/C15H22BrNO2/c1-5-17(10-15(3,4)19)14(18)9-12-6-7-13(16)8-11(12)2/h6-8,19H,5,9-10H2,1-4H3. The van der Waals surface area contributed by atoms with Crippen LogP contribution in [0.4, 0.5) is 0 Å². The molecule has 0 bridgehead atoms. The Morgan fingerprint density at radius 3 is 2.53 bits per heavy atom. The highest BCUT2D eigenvalue weighted by atomic mass is 79.9. The van der Waals surface area contributed by atoms with E-state index < -0.39 is 5.60 Å². The van der Waals surface area contributed by atoms with Crippen LogP contribution in [0.1, 0.15) is 31.9 Å². The average Bonchev–Trinajstić information content (AvgIpc) is 2.28. The lowest BCUT2D eigenvalue weighted by molar-refractivity contribution is -0.133. The monoisotopic (exact) mass is 327 g/mol. The van der Waals surface area contributed by atoms with Gasteiger partial charge >= 0.3 is 0 Å². The van der Waals surface area contributed by atoms with Crippen molar-refractivity contribution in [3.8, 4) is 0 Å². The van der Waals surface area contributed by atoms with E-state index >= 15 is 0 Å². The van der Waals surface area contributed by atoms with Crippen LogP contribution in [0.2, 0.25) is 0 Å². The first-order valence-electron chi connectivity index (χ1n) is 6.48. The van der Waals surface area contributed by atoms with Gasteiger partial charge in [-0.2, -0.15) is 0 Å². The third-order valence-corrected chi connectivity index (χ3v) is 3.45. The first kappa shape index (κ1) is 16.2. The second-order valence-corrected chi connectivity index (χ2v) is 6.38. The van der Waals surface area contributed by atoms with Crippen LogP contribution < -0.4 is 0 Å². The van der Waals surface area contributed by atoms with E-state index in [-0.39, 0.29) is 5.91 Å². The molecule has 0 unspecified atom stereocenters. The van der Waals surface area contributed by atoms with Crippen molar-refractivity contribution < 1.29 is 9.90 Å². The Kier molecular flexibility index (Phi) is 5.56. The Morgan fingerprint density at radius 1 is 1.42 bits per heavy atom. The van der Waals surface area contributed by atoms with Crippen molar-refractivity contribution in [2.24, 2.45) is 0 Å². The van der Waals surface area contributed by atoms with E-state index in [9.17, 15) is 9.90 Å². The predicted molar refractivity (Wildman–Crippen MR) is 81.1 cm³/mol. The largest absolute Gasteiger partial charge is 0.389 e. The molecule has 3 nitrogen and oxygen atoms in total. The number of hydrogen-bond donors (Lipinski definition) is 1. The fourth-order valence-electron chi connectivity index (χ4n) is 1.98. The van der Waals surface area contributed by atoms with Gasteiger partial charge in [0.1, 0.15) is 0 Å². The molecule has 0 aliphatic rings. The summed E-state index contributed by atoms with van der Waals surface area (Å²) >= 11 is 3.42. The van der Waals surface area contributed by atoms with Gasteiger partial charge in [-0.1, -0.05) is 22.0 Å². The summed E-state index contributed by atoms with van der Waals surface area (Å²) in [6.07, 6.45) is 0.378. The van der Waals surface area contributed by atoms with Gasteiger partial charge < -0.3 is 10.0 Å². The molecule has 4 heteroatoms. The van der Waals surface area contributed by atoms with Crippen LogP contribution in [0.15, 0.2) is 22.7 Å². The molecular weight excluding hydrogens is 306 g/mol. The smallest absolute Gasteiger partial charge is 0.227 e. The first-order valence-corrected chi connectivity index (χ1v) is 7.27. The van der Waals surface area contributed by atoms with E-state index in [0.717, 1.165) is 15.6 Å². The van der Waals surface area contributed by atoms with Gasteiger partial charge in [0.2, 0.25) is 5.91 Å². The Hall–Kier alpha value is -0.870. The maximum absolute atomic E-state index is 12.3. The molecule has 0 aliphatic carbocycles. The maximum Gasteiger partial charge on any atom is 0.227 e. The molecule has 0 spiro atoms. The number of carbonyl (C=O) groups is 1. The van der Waals surface area contributed by atoms with Crippen molar-refractivity contribution in [1.29, 1.82) is 0 Å². The molecule has 1 rings (SSSR count). The molecule has 0 saturated heterocycles. The Labute approximate surface area is 123 Å². The Balaban J connectivity index is 2.77. The summed E-state index contributed by atoms with van der Waals surface area (Å²) in [5, 5.41) is 9.83. The third kappa shape index (κ3) is 5.33. The summed E-state index contributed by atoms with van der Waals surface area (Å²) in [7, 11) is 0. The molecule has 0 aromatic heterocycles. The molecule has 106 valence electrons. The van der Waals surface area contributed by atoms with Gasteiger partial charge in [0, 0.05) is 17.6 Å². The second kappa shape index (κ2) is 6.53. The number of amides is 1. The zero-order valence-electron chi connectivity index (χ0n) is 12.0. The van der Waals surface area contributed by atoms with Crippen molar-refractivity contribution in [1.82, 2.24) is 4.90 Å². The topological polar surface area (TPSA) is 40.5 Å². The maximum atomic E-state index is 12.3. The van der Waals surface area contributed by atoms with E-state index in [4.69, 9.17) is 0 Å². The minimum atomic E-state index is -0.861. The van der Waals surface area contributed by atoms with Gasteiger partial charge in [-0.25, -0.2) is 0 Å². The van der Waals surface area contributed by atoms with Crippen LogP contribution in [0.25, 0.3) is 0 Å². The summed E-state index contributed by atoms with van der Waals surface area (Å²) in [5.41, 5.74) is 1.27. The number of benzene rings is 1. The lowest BCUT2D eigenvalue weighted by Crippen LogP contribution is -2.42. The molecule has 0 atom stereocenters. The highest BCUT2D eigenvalue weighted by Crippen LogP contribution is 2.17. The molecule has 0 radical (unpaired) electrons. The number of nitrogens with zero attached hydrogens (tertiary/aromatic N) is 1. The van der Waals surface area contributed by atoms with Crippen LogP contribution in [0.5, 0.6) is 0 Å². The van der Waals surface area contributed by atoms with Gasteiger partial charge in [0.25, 0.3) is 0 Å². The highest BCUT2D eigenvalue weighted by Gasteiger charge is 2.21. The van der Waals surface area contributed by atoms with Crippen LogP contribution in [-0.2, 0) is 11.2 Å². The molecule has 19 heavy (non-hydrogen) atoms. The first-order chi connectivity index (χ1) is 8.73. The summed E-state index contributed by atoms with van der Waals surface area (Å²) in [6.45, 7) is 8.33. The van der Waals surface area contributed by atoms with Crippen molar-refractivity contribution in [2.75, 3.05) is 13.1 Å². The van der Waals surface area contributed by atoms with E-state index in [2.05, 4.69) is 15.9 Å². The molecule has 0 saturated carbocycles. The third-order valence-electron chi connectivity index (χ3n) is 2.96. The van der Waals surface area contributed by atoms with Crippen LogP contribution >= 0.6 is 15.9 Å². The number of likely N-dealkylation sites (N-methyl/N-ethyl adjacent to an activating group) is 1. The lowest BCUT2D eigenvalue weighted by Gasteiger charge is -2.28. The van der Waals surface area contributed by atoms with E-state index in [1.165, 1.54) is 0 Å². The fraction of sp³-hybridized carbons (Fsp3) is 0.533. The molecule has 1 aromatic carbocycles. The summed E-state index contributed by atoms with van der Waals surface area (Å²) < 4.78 is 1.02. The van der Waals surface area contributed by atoms with Crippen LogP contribution in [0, 0.1) is 6.92 Å². The predicted octanol–water partition coefficient (Wildman–Crippen LogP) is 2.92. The second-order valence-electron chi connectivity index (χ2n) is 5.47. The van der Waals surface area contributed by atoms with Gasteiger partial charge in [0.15, 0.2) is 0 Å². The van der Waals surface area contributed by atoms with Crippen molar-refractivity contribution >= 4 is 21.8 Å². The van der Waals surface area contributed by atoms with Crippen LogP contribution in [-0.4, -0.2) is 34.6 Å². The number of aliphatic hydroxyl groups is 1. The summed E-state index contributed by atoms with van der Waals surface area (Å²) in [5.74, 6) is 0.0510. The average molecular weight is 328 g/mol. The quantitative estimate of drug-likeness (QED) is 0.903. The number of rotatable bonds is 5. The van der Waals surface area contributed by atoms with E-state index in [1.54, 1.807) is 18.7 Å². The molecule has 0 heterocycles. The van der Waals surface area contributed by atoms with Crippen molar-refractivity contribution in [3.05, 3.63) is 33.8 Å². The normalized spacial score (nSPS) is 11.5. The zero-order valence-corrected chi connectivity index (χ0v) is 13.6. The zero-order chi connectivity index (χ0) is 14.6. The summed E-state index contributed by atoms with van der Waals surface area (Å²) in [4.78, 5) is 14.0. The number of carbonyl (C=O) groups excluding carboxylic acids is 1. The van der Waals surface area contributed by atoms with E-state index in [1.807, 2.05) is 32.0 Å². The number of halogens is 1. The van der Waals surface area contributed by atoms with Gasteiger partial charge in [-0.05, 0) is 51.0 Å². The molecule has 1 aromatic rings. The minimum Gasteiger partial charge on any atom is -0.389 e. The molecule has 0 fully saturated rings. The van der Waals surface area contributed by atoms with Gasteiger partial charge in [-0.3, -0.25) is 4.79 Å². The fourth-order valence-corrected chi connectivity index (χ4v) is 2.45. The molecular formula is C15H22BrNO2. The minimum absolute atomic E-state index is 0.0510. The Bertz CT molecular complexity index is 452.